The summed E-state index contributed by atoms with van der Waals surface area (Å²) < 4.78 is 18.6. The molecule has 1 aliphatic carbocycles. The Morgan fingerprint density at radius 1 is 1.27 bits per heavy atom. The first-order chi connectivity index (χ1) is 15.7. The van der Waals surface area contributed by atoms with Crippen LogP contribution in [0.25, 0.3) is 16.6 Å². The Kier molecular flexibility index (Phi) is 6.42. The number of carbonyl (C=O) groups is 1. The lowest BCUT2D eigenvalue weighted by atomic mass is 10.2. The first-order valence-corrected chi connectivity index (χ1v) is 14.7. The first-order valence-electron chi connectivity index (χ1n) is 11.0. The molecule has 10 heteroatoms. The predicted octanol–water partition coefficient (Wildman–Crippen LogP) is 3.58. The maximum Gasteiger partial charge on any atom is 0.257 e. The van der Waals surface area contributed by atoms with Crippen LogP contribution in [-0.2, 0) is 9.53 Å². The smallest absolute Gasteiger partial charge is 0.257 e. The lowest BCUT2D eigenvalue weighted by Crippen LogP contribution is -2.29. The summed E-state index contributed by atoms with van der Waals surface area (Å²) in [5.74, 6) is 0.947. The number of aliphatic hydroxyl groups is 1. The molecular weight excluding hydrogens is 440 g/mol. The molecule has 0 radical (unpaired) electrons. The minimum absolute atomic E-state index is 0.0836. The maximum absolute atomic E-state index is 12.3. The monoisotopic (exact) mass is 470 g/mol. The van der Waals surface area contributed by atoms with Crippen molar-refractivity contribution >= 4 is 30.7 Å². The summed E-state index contributed by atoms with van der Waals surface area (Å²) >= 11 is 0. The number of methoxy groups -OCH3 is 1. The molecule has 2 heterocycles. The molecule has 2 N–H and O–H groups in total. The standard InChI is InChI=1S/C23H30N4O5Si/c1-30-17-7-5-6-16(12-17)27-19-13-20(25-22(28)23(29)8-9-23)24-14-18(19)21(26-27)32-15-31-10-11-33(2,3)4/h5-7,12-14,29H,8-11,15H2,1-4H3,(H,24,25,28). The van der Waals surface area contributed by atoms with Crippen molar-refractivity contribution in [2.45, 2.75) is 44.1 Å². The van der Waals surface area contributed by atoms with Gasteiger partial charge in [-0.3, -0.25) is 4.79 Å². The topological polar surface area (TPSA) is 108 Å². The molecule has 1 amide bonds. The van der Waals surface area contributed by atoms with E-state index in [2.05, 4.69) is 35.0 Å². The highest BCUT2D eigenvalue weighted by atomic mass is 28.3. The molecule has 0 saturated heterocycles. The van der Waals surface area contributed by atoms with E-state index in [9.17, 15) is 9.90 Å². The highest BCUT2D eigenvalue weighted by Gasteiger charge is 2.48. The summed E-state index contributed by atoms with van der Waals surface area (Å²) in [6.45, 7) is 7.61. The van der Waals surface area contributed by atoms with Crippen LogP contribution in [0.1, 0.15) is 12.8 Å². The van der Waals surface area contributed by atoms with Crippen molar-refractivity contribution in [1.82, 2.24) is 14.8 Å². The van der Waals surface area contributed by atoms with E-state index < -0.39 is 19.6 Å². The van der Waals surface area contributed by atoms with E-state index in [1.807, 2.05) is 24.3 Å². The Morgan fingerprint density at radius 3 is 2.76 bits per heavy atom. The molecule has 1 fully saturated rings. The average Bonchev–Trinajstić information content (AvgIpc) is 3.44. The number of anilines is 1. The van der Waals surface area contributed by atoms with Gasteiger partial charge >= 0.3 is 0 Å². The second kappa shape index (κ2) is 9.12. The minimum atomic E-state index is -1.29. The van der Waals surface area contributed by atoms with Gasteiger partial charge in [-0.2, -0.15) is 0 Å². The van der Waals surface area contributed by atoms with Crippen molar-refractivity contribution in [2.24, 2.45) is 0 Å². The van der Waals surface area contributed by atoms with Crippen molar-refractivity contribution in [3.05, 3.63) is 36.5 Å². The van der Waals surface area contributed by atoms with Crippen LogP contribution in [0.15, 0.2) is 36.5 Å². The fraction of sp³-hybridized carbons (Fsp3) is 0.435. The largest absolute Gasteiger partial charge is 0.497 e. The van der Waals surface area contributed by atoms with E-state index in [4.69, 9.17) is 14.2 Å². The molecule has 1 saturated carbocycles. The van der Waals surface area contributed by atoms with Gasteiger partial charge in [0.2, 0.25) is 5.88 Å². The van der Waals surface area contributed by atoms with Crippen LogP contribution in [0, 0.1) is 0 Å². The first kappa shape index (κ1) is 23.2. The Labute approximate surface area is 193 Å². The fourth-order valence-corrected chi connectivity index (χ4v) is 3.97. The molecule has 0 bridgehead atoms. The molecule has 0 spiro atoms. The number of amides is 1. The third-order valence-corrected chi connectivity index (χ3v) is 7.20. The Bertz CT molecular complexity index is 1150. The summed E-state index contributed by atoms with van der Waals surface area (Å²) in [5, 5.41) is 18.1. The van der Waals surface area contributed by atoms with Crippen LogP contribution in [0.5, 0.6) is 11.6 Å². The zero-order valence-electron chi connectivity index (χ0n) is 19.4. The molecule has 1 aliphatic rings. The van der Waals surface area contributed by atoms with Crippen molar-refractivity contribution in [3.63, 3.8) is 0 Å². The second-order valence-electron chi connectivity index (χ2n) is 9.47. The number of benzene rings is 1. The van der Waals surface area contributed by atoms with Gasteiger partial charge in [-0.25, -0.2) is 9.67 Å². The molecule has 4 rings (SSSR count). The van der Waals surface area contributed by atoms with Gasteiger partial charge < -0.3 is 24.6 Å². The van der Waals surface area contributed by atoms with Gasteiger partial charge in [0, 0.05) is 33.0 Å². The summed E-state index contributed by atoms with van der Waals surface area (Å²) in [5.41, 5.74) is 0.164. The number of aromatic nitrogens is 3. The third-order valence-electron chi connectivity index (χ3n) is 5.49. The van der Waals surface area contributed by atoms with Crippen molar-refractivity contribution in [1.29, 1.82) is 0 Å². The fourth-order valence-electron chi connectivity index (χ4n) is 3.21. The zero-order chi connectivity index (χ0) is 23.6. The molecule has 9 nitrogen and oxygen atoms in total. The van der Waals surface area contributed by atoms with E-state index in [1.54, 1.807) is 24.1 Å². The highest BCUT2D eigenvalue weighted by Crippen LogP contribution is 2.36. The van der Waals surface area contributed by atoms with Crippen molar-refractivity contribution in [2.75, 3.05) is 25.8 Å². The molecule has 2 aromatic heterocycles. The molecule has 3 aromatic rings. The van der Waals surface area contributed by atoms with Crippen molar-refractivity contribution < 1.29 is 24.1 Å². The van der Waals surface area contributed by atoms with Gasteiger partial charge in [0.05, 0.1) is 23.7 Å². The Balaban J connectivity index is 1.61. The molecule has 0 unspecified atom stereocenters. The average molecular weight is 471 g/mol. The summed E-state index contributed by atoms with van der Waals surface area (Å²) in [6.07, 6.45) is 2.51. The summed E-state index contributed by atoms with van der Waals surface area (Å²) in [6, 6.07) is 10.2. The van der Waals surface area contributed by atoms with E-state index in [1.165, 1.54) is 0 Å². The number of carbonyl (C=O) groups excluding carboxylic acids is 1. The van der Waals surface area contributed by atoms with Gasteiger partial charge in [-0.1, -0.05) is 25.7 Å². The van der Waals surface area contributed by atoms with E-state index in [-0.39, 0.29) is 6.79 Å². The van der Waals surface area contributed by atoms with Gasteiger partial charge in [0.15, 0.2) is 6.79 Å². The Morgan fingerprint density at radius 2 is 2.06 bits per heavy atom. The predicted molar refractivity (Wildman–Crippen MR) is 128 cm³/mol. The number of pyridine rings is 1. The molecule has 33 heavy (non-hydrogen) atoms. The van der Waals surface area contributed by atoms with E-state index in [0.29, 0.717) is 47.8 Å². The lowest BCUT2D eigenvalue weighted by Gasteiger charge is -2.15. The number of ether oxygens (including phenoxy) is 3. The molecule has 0 atom stereocenters. The second-order valence-corrected chi connectivity index (χ2v) is 15.1. The van der Waals surface area contributed by atoms with Crippen LogP contribution in [0.4, 0.5) is 5.82 Å². The third kappa shape index (κ3) is 5.52. The number of nitrogens with zero attached hydrogens (tertiary/aromatic N) is 3. The van der Waals surface area contributed by atoms with E-state index in [0.717, 1.165) is 11.7 Å². The normalized spacial score (nSPS) is 14.8. The lowest BCUT2D eigenvalue weighted by molar-refractivity contribution is -0.125. The van der Waals surface area contributed by atoms with Crippen molar-refractivity contribution in [3.8, 4) is 17.3 Å². The van der Waals surface area contributed by atoms with Crippen LogP contribution >= 0.6 is 0 Å². The number of hydrogen-bond donors (Lipinski definition) is 2. The van der Waals surface area contributed by atoms with Gasteiger partial charge in [-0.05, 0) is 31.0 Å². The van der Waals surface area contributed by atoms with Gasteiger partial charge in [0.1, 0.15) is 17.2 Å². The van der Waals surface area contributed by atoms with Crippen LogP contribution in [0.3, 0.4) is 0 Å². The molecule has 1 aromatic carbocycles. The summed E-state index contributed by atoms with van der Waals surface area (Å²) in [7, 11) is 0.421. The minimum Gasteiger partial charge on any atom is -0.497 e. The summed E-state index contributed by atoms with van der Waals surface area (Å²) in [4.78, 5) is 16.6. The van der Waals surface area contributed by atoms with Gasteiger partial charge in [0.25, 0.3) is 5.91 Å². The number of rotatable bonds is 10. The quantitative estimate of drug-likeness (QED) is 0.265. The highest BCUT2D eigenvalue weighted by molar-refractivity contribution is 6.76. The maximum atomic E-state index is 12.3. The SMILES string of the molecule is COc1cccc(-n2nc(OCOCC[Si](C)(C)C)c3cnc(NC(=O)C4(O)CC4)cc32)c1. The molecule has 176 valence electrons. The van der Waals surface area contributed by atoms with Crippen LogP contribution < -0.4 is 14.8 Å². The van der Waals surface area contributed by atoms with Crippen LogP contribution in [0.2, 0.25) is 25.7 Å². The molecular formula is C23H30N4O5Si. The number of fused-ring (bicyclic) bond motifs is 1. The Hall–Kier alpha value is -2.95. The zero-order valence-corrected chi connectivity index (χ0v) is 20.4. The number of hydrogen-bond acceptors (Lipinski definition) is 7. The van der Waals surface area contributed by atoms with E-state index >= 15 is 0 Å². The molecule has 0 aliphatic heterocycles. The van der Waals surface area contributed by atoms with Crippen LogP contribution in [-0.4, -0.2) is 60.0 Å². The van der Waals surface area contributed by atoms with Gasteiger partial charge in [-0.15, -0.1) is 5.10 Å². The number of nitrogens with one attached hydrogen (secondary N) is 1.